The van der Waals surface area contributed by atoms with Crippen LogP contribution in [0.4, 0.5) is 52.7 Å². The van der Waals surface area contributed by atoms with Crippen LogP contribution in [-0.4, -0.2) is 191 Å². The number of aromatic nitrogens is 4. The molecule has 8 aliphatic carbocycles. The number of ketones is 1. The van der Waals surface area contributed by atoms with Gasteiger partial charge in [-0.15, -0.1) is 0 Å². The molecule has 2 aliphatic heterocycles. The normalized spacial score (nSPS) is 29.2. The number of Topliss-reactive ketones (excluding diaryl/α,β-unsaturated/α-hetero) is 1. The van der Waals surface area contributed by atoms with Crippen molar-refractivity contribution in [2.24, 2.45) is 29.4 Å². The minimum Gasteiger partial charge on any atom is -0.497 e. The average Bonchev–Trinajstić information content (AvgIpc) is 1.54. The number of pyridine rings is 4. The van der Waals surface area contributed by atoms with Gasteiger partial charge in [0.25, 0.3) is 46.0 Å². The number of ether oxygens (including phenoxy) is 3. The molecule has 4 unspecified atom stereocenters. The first kappa shape index (κ1) is 107. The number of aliphatic hydroxyl groups is 5. The number of rotatable bonds is 17. The van der Waals surface area contributed by atoms with Gasteiger partial charge in [-0.05, 0) is 225 Å². The fourth-order valence-electron chi connectivity index (χ4n) is 19.3. The highest BCUT2D eigenvalue weighted by Gasteiger charge is 2.67. The molecule has 0 bridgehead atoms. The standard InChI is InChI=1S/C25H26F3N3O5S.C17H17F3N2O5S.C17H21F3N2O4S.C17H19F3N2O4S.C8H11NO.2CO2/c1-23(30-37(34,35)21-10-6-17(13-29-21)25(26,27)28)11-16-5-9-20-24(16,33)19(12-23)22(32)31(20)14-15-3-7-18(36-2)8-4-15;1-15(6-9-2-4-12-16(9,24)11(7-15)14(23)27-12)22-28(25,26)13-5-3-10(8-21-13)17(18,19)20;2*1-10-7-15(2,8-11-3-5-13(23)16(10,11)24)22-27(25,26)14-6-4-12(9-21-14)17(18,19)20;1-10-8-4-2-7(6-9)3-5-8;2*2-1-3/h3-4,6-8,10,12-13,16,20,30,33H,5,9,11,14H2,1-2H3;3,5,7-9,12,22,24H,2,4,6H2,1H3;4,6-7,9,11,13,22-24H,3,5,8H2,1-2H3;4,6-7,9,11,22,24H,3,5,8H2,1-2H3;2-5H,6,9H2,1H3;;/t16?,20-,23-,24+;9?,12-,15-,16+;11?,13-,15+,16-;11?,15-,16+;;;/m1110.../s1. The number of likely N-dealkylation sites (tertiary alicyclic amines) is 1. The number of benzene rings is 2. The lowest BCUT2D eigenvalue weighted by molar-refractivity contribution is -0.193. The van der Waals surface area contributed by atoms with Gasteiger partial charge in [-0.25, -0.2) is 77.3 Å². The first-order chi connectivity index (χ1) is 62.4. The number of carbonyl (C=O) groups excluding carboxylic acids is 7. The number of nitrogens with two attached hydrogens (primary N) is 1. The van der Waals surface area contributed by atoms with Crippen LogP contribution >= 0.6 is 0 Å². The number of nitrogens with one attached hydrogen (secondary N) is 4. The molecule has 15 atom stereocenters. The van der Waals surface area contributed by atoms with Gasteiger partial charge in [0, 0.05) is 77.9 Å². The van der Waals surface area contributed by atoms with Gasteiger partial charge in [0.05, 0.1) is 54.2 Å². The lowest BCUT2D eigenvalue weighted by Crippen LogP contribution is -2.55. The summed E-state index contributed by atoms with van der Waals surface area (Å²) in [6, 6.07) is 20.3. The van der Waals surface area contributed by atoms with E-state index >= 15 is 0 Å². The summed E-state index contributed by atoms with van der Waals surface area (Å²) in [5.41, 5.74) is -6.24. The molecular formula is C86H94F12N10O23S4. The molecule has 6 fully saturated rings. The van der Waals surface area contributed by atoms with Crippen LogP contribution in [0.15, 0.2) is 189 Å². The van der Waals surface area contributed by atoms with Crippen LogP contribution < -0.4 is 34.1 Å². The third kappa shape index (κ3) is 22.7. The molecular weight excluding hydrogens is 1900 g/mol. The van der Waals surface area contributed by atoms with Crippen LogP contribution in [0.25, 0.3) is 0 Å². The van der Waals surface area contributed by atoms with Gasteiger partial charge in [0.1, 0.15) is 40.0 Å². The SMILES string of the molecule is CC1=C[C@](C)(NS(=O)(=O)c2ccc(C(F)(F)F)cn2)CC2CCC(=O)[C@@]12O.CC1=C[C@](C)(NS(=O)(=O)c2ccc(C(F)(F)F)cn2)CC2CC[C@@H](O)[C@@]12O.COc1ccc(CN)cc1.COc1ccc(CN2C(=O)C3=C[C@](C)(NS(=O)(=O)c4ccc(C(F)(F)F)cn4)CC4CC[C@@H]2[C@@]34O)cc1.C[C@]1(NS(=O)(=O)c2ccc(C(F)(F)F)cn2)C=C2C(=O)O[C@@H]3CCC(C1)[C@]23O.O=C=O.O=C=O. The first-order valence-corrected chi connectivity index (χ1v) is 47.0. The van der Waals surface area contributed by atoms with Gasteiger partial charge in [-0.2, -0.15) is 71.9 Å². The monoisotopic (exact) mass is 1990 g/mol. The Morgan fingerprint density at radius 2 is 0.785 bits per heavy atom. The highest BCUT2D eigenvalue weighted by Crippen LogP contribution is 2.58. The molecule has 2 aromatic carbocycles. The van der Waals surface area contributed by atoms with Crippen LogP contribution in [0.1, 0.15) is 152 Å². The maximum absolute atomic E-state index is 13.5. The Morgan fingerprint density at radius 3 is 1.15 bits per heavy atom. The van der Waals surface area contributed by atoms with E-state index in [9.17, 15) is 126 Å². The minimum absolute atomic E-state index is 0.0248. The summed E-state index contributed by atoms with van der Waals surface area (Å²) in [6.07, 6.45) is -7.17. The molecule has 2 saturated heterocycles. The number of amides is 1. The van der Waals surface area contributed by atoms with Gasteiger partial charge >= 0.3 is 43.0 Å². The molecule has 49 heteroatoms. The molecule has 135 heavy (non-hydrogen) atoms. The number of hydrogen-bond acceptors (Lipinski definition) is 28. The molecule has 11 N–H and O–H groups in total. The van der Waals surface area contributed by atoms with E-state index < -0.39 is 182 Å². The molecule has 10 aliphatic rings. The highest BCUT2D eigenvalue weighted by atomic mass is 32.2. The smallest absolute Gasteiger partial charge is 0.417 e. The molecule has 6 aromatic rings. The fraction of sp³-hybridized carbons (Fsp3) is 0.477. The van der Waals surface area contributed by atoms with Crippen LogP contribution in [0, 0.1) is 23.7 Å². The van der Waals surface area contributed by atoms with Gasteiger partial charge in [-0.1, -0.05) is 48.6 Å². The molecule has 734 valence electrons. The number of aliphatic hydroxyl groups excluding tert-OH is 1. The van der Waals surface area contributed by atoms with Gasteiger partial charge in [-0.3, -0.25) is 9.59 Å². The summed E-state index contributed by atoms with van der Waals surface area (Å²) in [7, 11) is -13.8. The Morgan fingerprint density at radius 1 is 0.452 bits per heavy atom. The number of halogens is 12. The number of sulfonamides is 4. The van der Waals surface area contributed by atoms with Crippen LogP contribution in [0.5, 0.6) is 11.5 Å². The topological polar surface area (TPSA) is 514 Å². The number of hydrogen-bond donors (Lipinski definition) is 10. The van der Waals surface area contributed by atoms with Gasteiger partial charge < -0.3 is 50.4 Å². The zero-order valence-electron chi connectivity index (χ0n) is 72.9. The molecule has 1 amide bonds. The predicted molar refractivity (Wildman–Crippen MR) is 444 cm³/mol. The summed E-state index contributed by atoms with van der Waals surface area (Å²) in [4.78, 5) is 85.6. The number of alkyl halides is 12. The predicted octanol–water partition coefficient (Wildman–Crippen LogP) is 8.74. The third-order valence-electron chi connectivity index (χ3n) is 25.3. The number of carbonyl (C=O) groups is 3. The van der Waals surface area contributed by atoms with E-state index in [1.165, 1.54) is 18.2 Å². The Kier molecular flexibility index (Phi) is 30.9. The second-order valence-corrected chi connectivity index (χ2v) is 41.4. The minimum atomic E-state index is -4.65. The molecule has 33 nitrogen and oxygen atoms in total. The zero-order chi connectivity index (χ0) is 101. The van der Waals surface area contributed by atoms with Crippen molar-refractivity contribution in [2.75, 3.05) is 14.2 Å². The van der Waals surface area contributed by atoms with E-state index in [1.807, 2.05) is 36.4 Å². The number of methoxy groups -OCH3 is 2. The molecule has 4 saturated carbocycles. The summed E-state index contributed by atoms with van der Waals surface area (Å²) in [5, 5.41) is 52.0. The van der Waals surface area contributed by atoms with Crippen molar-refractivity contribution in [3.63, 3.8) is 0 Å². The average molecular weight is 1990 g/mol. The van der Waals surface area contributed by atoms with E-state index in [1.54, 1.807) is 78.9 Å². The van der Waals surface area contributed by atoms with E-state index in [0.29, 0.717) is 117 Å². The number of esters is 1. The summed E-state index contributed by atoms with van der Waals surface area (Å²) in [6.45, 7) is 10.4. The molecule has 6 heterocycles. The van der Waals surface area contributed by atoms with Crippen LogP contribution in [0.2, 0.25) is 0 Å². The maximum atomic E-state index is 13.5. The van der Waals surface area contributed by atoms with E-state index in [4.69, 9.17) is 39.1 Å². The lowest BCUT2D eigenvalue weighted by Gasteiger charge is -2.44. The first-order valence-electron chi connectivity index (χ1n) is 41.1. The van der Waals surface area contributed by atoms with Gasteiger partial charge in [0.15, 0.2) is 25.9 Å². The number of nitrogens with zero attached hydrogens (tertiary/aromatic N) is 5. The summed E-state index contributed by atoms with van der Waals surface area (Å²) >= 11 is 0. The molecule has 0 spiro atoms. The lowest BCUT2D eigenvalue weighted by atomic mass is 9.70. The molecule has 4 aromatic heterocycles. The highest BCUT2D eigenvalue weighted by molar-refractivity contribution is 7.90. The molecule has 0 radical (unpaired) electrons. The second kappa shape index (κ2) is 39.2. The van der Waals surface area contributed by atoms with Gasteiger partial charge in [0.2, 0.25) is 0 Å². The summed E-state index contributed by atoms with van der Waals surface area (Å²) < 4.78 is 279. The Balaban J connectivity index is 0.000000177. The van der Waals surface area contributed by atoms with E-state index in [2.05, 4.69) is 38.8 Å². The van der Waals surface area contributed by atoms with Crippen molar-refractivity contribution in [3.8, 4) is 11.5 Å². The maximum Gasteiger partial charge on any atom is 0.417 e. The Hall–Kier alpha value is -10.5. The molecule has 16 rings (SSSR count). The largest absolute Gasteiger partial charge is 0.497 e. The van der Waals surface area contributed by atoms with Crippen molar-refractivity contribution in [1.82, 2.24) is 43.7 Å². The number of fused-ring (bicyclic) bond motifs is 2. The van der Waals surface area contributed by atoms with Crippen molar-refractivity contribution < 1.29 is 160 Å². The van der Waals surface area contributed by atoms with Crippen LogP contribution in [-0.2, 0) is 116 Å². The second-order valence-electron chi connectivity index (χ2n) is 34.9. The summed E-state index contributed by atoms with van der Waals surface area (Å²) in [5.74, 6) is -1.30. The zero-order valence-corrected chi connectivity index (χ0v) is 76.1. The quantitative estimate of drug-likeness (QED) is 0.0232. The Bertz CT molecular complexity index is 6080. The van der Waals surface area contributed by atoms with E-state index in [-0.39, 0.29) is 91.5 Å². The van der Waals surface area contributed by atoms with Crippen molar-refractivity contribution >= 4 is 70.1 Å². The van der Waals surface area contributed by atoms with Crippen molar-refractivity contribution in [1.29, 1.82) is 0 Å². The fourth-order valence-corrected chi connectivity index (χ4v) is 24.5. The Labute approximate surface area is 765 Å². The van der Waals surface area contributed by atoms with Crippen molar-refractivity contribution in [3.05, 3.63) is 202 Å². The van der Waals surface area contributed by atoms with E-state index in [0.717, 1.165) is 41.1 Å². The third-order valence-corrected chi connectivity index (χ3v) is 31.4. The van der Waals surface area contributed by atoms with Crippen LogP contribution in [0.3, 0.4) is 0 Å². The van der Waals surface area contributed by atoms with Crippen molar-refractivity contribution in [2.45, 2.75) is 239 Å².